The highest BCUT2D eigenvalue weighted by molar-refractivity contribution is 5.96. The van der Waals surface area contributed by atoms with Crippen molar-refractivity contribution in [2.75, 3.05) is 0 Å². The monoisotopic (exact) mass is 156 g/mol. The van der Waals surface area contributed by atoms with E-state index >= 15 is 0 Å². The Kier molecular flexibility index (Phi) is 1.40. The van der Waals surface area contributed by atoms with E-state index in [1.54, 1.807) is 6.07 Å². The van der Waals surface area contributed by atoms with Crippen molar-refractivity contribution in [2.45, 2.75) is 0 Å². The zero-order valence-corrected chi connectivity index (χ0v) is 6.46. The second-order valence-electron chi connectivity index (χ2n) is 2.71. The van der Waals surface area contributed by atoms with Crippen LogP contribution in [0.3, 0.4) is 0 Å². The fraction of sp³-hybridized carbons (Fsp3) is 0. The van der Waals surface area contributed by atoms with Gasteiger partial charge in [-0.15, -0.1) is 0 Å². The summed E-state index contributed by atoms with van der Waals surface area (Å²) in [6, 6.07) is 11.2. The maximum atomic E-state index is 7.60. The van der Waals surface area contributed by atoms with Gasteiger partial charge in [-0.3, -0.25) is 11.5 Å². The molecule has 0 fully saturated rings. The lowest BCUT2D eigenvalue weighted by atomic mass is 10.1. The van der Waals surface area contributed by atoms with Gasteiger partial charge < -0.3 is 0 Å². The van der Waals surface area contributed by atoms with Crippen molar-refractivity contribution in [3.05, 3.63) is 36.4 Å². The molecule has 2 heteroatoms. The smallest absolute Gasteiger partial charge is 0.0867 e. The van der Waals surface area contributed by atoms with Gasteiger partial charge in [0.1, 0.15) is 0 Å². The van der Waals surface area contributed by atoms with Crippen molar-refractivity contribution in [1.29, 1.82) is 0 Å². The zero-order valence-electron chi connectivity index (χ0n) is 6.46. The van der Waals surface area contributed by atoms with Gasteiger partial charge in [-0.25, -0.2) is 0 Å². The van der Waals surface area contributed by atoms with Crippen LogP contribution in [0.25, 0.3) is 10.8 Å². The van der Waals surface area contributed by atoms with Crippen LogP contribution < -0.4 is 11.5 Å². The Morgan fingerprint density at radius 3 is 2.42 bits per heavy atom. The van der Waals surface area contributed by atoms with Crippen LogP contribution in [0, 0.1) is 0 Å². The zero-order chi connectivity index (χ0) is 8.55. The molecule has 2 aromatic rings. The fourth-order valence-corrected chi connectivity index (χ4v) is 1.27. The maximum Gasteiger partial charge on any atom is 0.0867 e. The Morgan fingerprint density at radius 1 is 0.833 bits per heavy atom. The van der Waals surface area contributed by atoms with E-state index in [-0.39, 0.29) is 5.69 Å². The van der Waals surface area contributed by atoms with Crippen LogP contribution in [0.4, 0.5) is 11.4 Å². The molecule has 0 saturated carbocycles. The summed E-state index contributed by atoms with van der Waals surface area (Å²) in [6.45, 7) is 0. The first-order valence-electron chi connectivity index (χ1n) is 3.74. The Labute approximate surface area is 70.8 Å². The topological polar surface area (TPSA) is 47.6 Å². The van der Waals surface area contributed by atoms with Gasteiger partial charge in [0, 0.05) is 5.39 Å². The average Bonchev–Trinajstić information content (AvgIpc) is 2.12. The summed E-state index contributed by atoms with van der Waals surface area (Å²) in [5.41, 5.74) is 15.6. The molecule has 2 rings (SSSR count). The van der Waals surface area contributed by atoms with Crippen molar-refractivity contribution in [3.8, 4) is 0 Å². The second-order valence-corrected chi connectivity index (χ2v) is 2.71. The Hall–Kier alpha value is -1.70. The molecule has 0 heterocycles. The van der Waals surface area contributed by atoms with Gasteiger partial charge in [0.2, 0.25) is 0 Å². The maximum absolute atomic E-state index is 7.60. The molecule has 2 nitrogen and oxygen atoms in total. The van der Waals surface area contributed by atoms with Crippen LogP contribution in [0.5, 0.6) is 0 Å². The van der Waals surface area contributed by atoms with Gasteiger partial charge in [0.25, 0.3) is 0 Å². The molecule has 0 atom stereocenters. The van der Waals surface area contributed by atoms with Crippen LogP contribution in [-0.4, -0.2) is 0 Å². The van der Waals surface area contributed by atoms with Crippen molar-refractivity contribution in [3.63, 3.8) is 0 Å². The average molecular weight is 156 g/mol. The lowest BCUT2D eigenvalue weighted by molar-refractivity contribution is 1.43. The first kappa shape index (κ1) is 6.98. The lowest BCUT2D eigenvalue weighted by Gasteiger charge is -2.01. The molecule has 0 bridgehead atoms. The van der Waals surface area contributed by atoms with Crippen LogP contribution in [0.2, 0.25) is 0 Å². The first-order valence-corrected chi connectivity index (χ1v) is 3.74. The lowest BCUT2D eigenvalue weighted by Crippen LogP contribution is -1.78. The number of hydrogen-bond acceptors (Lipinski definition) is 0. The number of hydrogen-bond donors (Lipinski definition) is 0. The van der Waals surface area contributed by atoms with E-state index in [1.165, 1.54) is 0 Å². The molecular formula is C10H8N2. The van der Waals surface area contributed by atoms with Gasteiger partial charge in [0.15, 0.2) is 0 Å². The summed E-state index contributed by atoms with van der Waals surface area (Å²) in [6.07, 6.45) is 0. The summed E-state index contributed by atoms with van der Waals surface area (Å²) in [4.78, 5) is 0. The van der Waals surface area contributed by atoms with E-state index in [9.17, 15) is 0 Å². The molecule has 2 aromatic carbocycles. The summed E-state index contributed by atoms with van der Waals surface area (Å²) in [7, 11) is 0. The van der Waals surface area contributed by atoms with Crippen LogP contribution >= 0.6 is 0 Å². The third kappa shape index (κ3) is 0.889. The van der Waals surface area contributed by atoms with E-state index in [0.717, 1.165) is 10.8 Å². The summed E-state index contributed by atoms with van der Waals surface area (Å²) >= 11 is 0. The molecule has 0 aliphatic heterocycles. The van der Waals surface area contributed by atoms with Gasteiger partial charge in [-0.05, 0) is 11.5 Å². The molecule has 0 unspecified atom stereocenters. The van der Waals surface area contributed by atoms with Crippen LogP contribution in [0.15, 0.2) is 36.4 Å². The minimum Gasteiger partial charge on any atom is -0.299 e. The van der Waals surface area contributed by atoms with E-state index in [4.69, 9.17) is 11.5 Å². The van der Waals surface area contributed by atoms with E-state index in [0.29, 0.717) is 5.69 Å². The van der Waals surface area contributed by atoms with Gasteiger partial charge >= 0.3 is 0 Å². The number of fused-ring (bicyclic) bond motifs is 1. The number of nitrogens with one attached hydrogen (secondary N) is 2. The summed E-state index contributed by atoms with van der Waals surface area (Å²) < 4.78 is 0. The molecular weight excluding hydrogens is 148 g/mol. The number of benzene rings is 2. The van der Waals surface area contributed by atoms with Crippen molar-refractivity contribution in [1.82, 2.24) is 11.5 Å². The Morgan fingerprint density at radius 2 is 1.58 bits per heavy atom. The highest BCUT2D eigenvalue weighted by Gasteiger charge is 2.00. The molecule has 0 amide bonds. The third-order valence-corrected chi connectivity index (χ3v) is 1.93. The molecule has 0 spiro atoms. The van der Waals surface area contributed by atoms with E-state index < -0.39 is 0 Å². The molecule has 0 aliphatic carbocycles. The minimum absolute atomic E-state index is 0.286. The third-order valence-electron chi connectivity index (χ3n) is 1.93. The Bertz CT molecular complexity index is 421. The SMILES string of the molecule is [NH]c1ccc2ccccc2c1[NH]. The summed E-state index contributed by atoms with van der Waals surface area (Å²) in [5.74, 6) is 0. The molecule has 0 aromatic heterocycles. The van der Waals surface area contributed by atoms with Crippen LogP contribution in [-0.2, 0) is 0 Å². The Balaban J connectivity index is 2.91. The molecule has 58 valence electrons. The molecule has 0 saturated heterocycles. The molecule has 2 N–H and O–H groups in total. The van der Waals surface area contributed by atoms with Crippen molar-refractivity contribution < 1.29 is 0 Å². The van der Waals surface area contributed by atoms with Gasteiger partial charge in [0.05, 0.1) is 11.4 Å². The van der Waals surface area contributed by atoms with Crippen molar-refractivity contribution in [2.24, 2.45) is 0 Å². The van der Waals surface area contributed by atoms with Crippen LogP contribution in [0.1, 0.15) is 0 Å². The number of rotatable bonds is 0. The fourth-order valence-electron chi connectivity index (χ4n) is 1.27. The highest BCUT2D eigenvalue weighted by Crippen LogP contribution is 2.28. The predicted octanol–water partition coefficient (Wildman–Crippen LogP) is 2.67. The van der Waals surface area contributed by atoms with Gasteiger partial charge in [-0.1, -0.05) is 30.3 Å². The van der Waals surface area contributed by atoms with E-state index in [1.807, 2.05) is 30.3 Å². The summed E-state index contributed by atoms with van der Waals surface area (Å²) in [5, 5.41) is 1.88. The second kappa shape index (κ2) is 2.41. The molecule has 12 heavy (non-hydrogen) atoms. The quantitative estimate of drug-likeness (QED) is 0.563. The van der Waals surface area contributed by atoms with E-state index in [2.05, 4.69) is 0 Å². The molecule has 2 radical (unpaired) electrons. The normalized spacial score (nSPS) is 10.3. The largest absolute Gasteiger partial charge is 0.299 e. The first-order chi connectivity index (χ1) is 5.79. The standard InChI is InChI=1S/C10H8N2/c11-9-6-5-7-3-1-2-4-8(7)10(9)12/h1-6,11-12H. The minimum atomic E-state index is 0.286. The van der Waals surface area contributed by atoms with Gasteiger partial charge in [-0.2, -0.15) is 0 Å². The highest BCUT2D eigenvalue weighted by atomic mass is 14.7. The molecule has 0 aliphatic rings. The predicted molar refractivity (Wildman–Crippen MR) is 49.5 cm³/mol. The van der Waals surface area contributed by atoms with Crippen molar-refractivity contribution >= 4 is 22.1 Å².